The average Bonchev–Trinajstić information content (AvgIpc) is 2.14. The molecular formula is C9H14N2O2S. The zero-order valence-corrected chi connectivity index (χ0v) is 8.92. The van der Waals surface area contributed by atoms with E-state index in [4.69, 9.17) is 5.14 Å². The lowest BCUT2D eigenvalue weighted by molar-refractivity contribution is 0.597. The highest BCUT2D eigenvalue weighted by atomic mass is 32.2. The SMILES string of the molecule is CCCCc1cncc(S(N)(=O)=O)c1. The molecule has 1 aromatic heterocycles. The summed E-state index contributed by atoms with van der Waals surface area (Å²) in [6, 6.07) is 1.58. The molecule has 1 heterocycles. The number of aromatic nitrogens is 1. The summed E-state index contributed by atoms with van der Waals surface area (Å²) in [5.41, 5.74) is 0.915. The van der Waals surface area contributed by atoms with Gasteiger partial charge in [0.2, 0.25) is 10.0 Å². The maximum Gasteiger partial charge on any atom is 0.239 e. The lowest BCUT2D eigenvalue weighted by Crippen LogP contribution is -2.12. The van der Waals surface area contributed by atoms with Gasteiger partial charge in [-0.2, -0.15) is 0 Å². The number of nitrogens with zero attached hydrogens (tertiary/aromatic N) is 1. The Labute approximate surface area is 84.2 Å². The van der Waals surface area contributed by atoms with Crippen LogP contribution in [0.2, 0.25) is 0 Å². The summed E-state index contributed by atoms with van der Waals surface area (Å²) in [7, 11) is -3.61. The molecule has 0 bridgehead atoms. The second kappa shape index (κ2) is 4.52. The van der Waals surface area contributed by atoms with E-state index in [1.165, 1.54) is 6.20 Å². The van der Waals surface area contributed by atoms with Crippen LogP contribution in [0.3, 0.4) is 0 Å². The highest BCUT2D eigenvalue weighted by Gasteiger charge is 2.08. The summed E-state index contributed by atoms with van der Waals surface area (Å²) in [6.45, 7) is 2.08. The Kier molecular flexibility index (Phi) is 3.60. The van der Waals surface area contributed by atoms with Crippen molar-refractivity contribution in [3.05, 3.63) is 24.0 Å². The standard InChI is InChI=1S/C9H14N2O2S/c1-2-3-4-8-5-9(7-11-6-8)14(10,12)13/h5-7H,2-4H2,1H3,(H2,10,12,13). The molecule has 0 amide bonds. The summed E-state index contributed by atoms with van der Waals surface area (Å²) in [6.07, 6.45) is 5.87. The Balaban J connectivity index is 2.90. The van der Waals surface area contributed by atoms with Crippen LogP contribution in [0.25, 0.3) is 0 Å². The van der Waals surface area contributed by atoms with Crippen molar-refractivity contribution in [2.75, 3.05) is 0 Å². The molecule has 0 saturated carbocycles. The molecule has 1 rings (SSSR count). The Bertz CT molecular complexity index is 401. The highest BCUT2D eigenvalue weighted by Crippen LogP contribution is 2.09. The van der Waals surface area contributed by atoms with E-state index < -0.39 is 10.0 Å². The van der Waals surface area contributed by atoms with E-state index in [0.29, 0.717) is 0 Å². The van der Waals surface area contributed by atoms with Gasteiger partial charge in [-0.15, -0.1) is 0 Å². The van der Waals surface area contributed by atoms with Gasteiger partial charge in [-0.3, -0.25) is 4.98 Å². The molecule has 0 radical (unpaired) electrons. The van der Waals surface area contributed by atoms with E-state index >= 15 is 0 Å². The number of hydrogen-bond donors (Lipinski definition) is 1. The second-order valence-corrected chi connectivity index (χ2v) is 4.74. The van der Waals surface area contributed by atoms with Gasteiger partial charge in [-0.1, -0.05) is 13.3 Å². The Morgan fingerprint density at radius 1 is 1.43 bits per heavy atom. The van der Waals surface area contributed by atoms with Crippen LogP contribution in [0.5, 0.6) is 0 Å². The van der Waals surface area contributed by atoms with E-state index in [1.54, 1.807) is 12.3 Å². The molecule has 14 heavy (non-hydrogen) atoms. The number of rotatable bonds is 4. The molecule has 0 atom stereocenters. The zero-order valence-electron chi connectivity index (χ0n) is 8.10. The van der Waals surface area contributed by atoms with Crippen LogP contribution in [0.1, 0.15) is 25.3 Å². The highest BCUT2D eigenvalue weighted by molar-refractivity contribution is 7.89. The molecule has 0 spiro atoms. The van der Waals surface area contributed by atoms with Crippen molar-refractivity contribution in [3.63, 3.8) is 0 Å². The van der Waals surface area contributed by atoms with Crippen molar-refractivity contribution in [3.8, 4) is 0 Å². The van der Waals surface area contributed by atoms with Gasteiger partial charge in [0.25, 0.3) is 0 Å². The largest absolute Gasteiger partial charge is 0.263 e. The minimum Gasteiger partial charge on any atom is -0.263 e. The lowest BCUT2D eigenvalue weighted by Gasteiger charge is -2.01. The molecular weight excluding hydrogens is 200 g/mol. The van der Waals surface area contributed by atoms with E-state index in [0.717, 1.165) is 24.8 Å². The fourth-order valence-corrected chi connectivity index (χ4v) is 1.66. The third-order valence-corrected chi connectivity index (χ3v) is 2.80. The van der Waals surface area contributed by atoms with Gasteiger partial charge in [0.1, 0.15) is 4.90 Å². The number of primary sulfonamides is 1. The van der Waals surface area contributed by atoms with Crippen LogP contribution in [0.4, 0.5) is 0 Å². The third kappa shape index (κ3) is 3.08. The van der Waals surface area contributed by atoms with Crippen molar-refractivity contribution in [1.82, 2.24) is 4.98 Å². The predicted octanol–water partition coefficient (Wildman–Crippen LogP) is 1.07. The Morgan fingerprint density at radius 2 is 2.14 bits per heavy atom. The minimum atomic E-state index is -3.61. The van der Waals surface area contributed by atoms with Crippen molar-refractivity contribution >= 4 is 10.0 Å². The van der Waals surface area contributed by atoms with Crippen LogP contribution in [-0.4, -0.2) is 13.4 Å². The Hall–Kier alpha value is -0.940. The molecule has 0 saturated heterocycles. The molecule has 0 aromatic carbocycles. The summed E-state index contributed by atoms with van der Waals surface area (Å²) in [5.74, 6) is 0. The maximum absolute atomic E-state index is 11.0. The summed E-state index contributed by atoms with van der Waals surface area (Å²) < 4.78 is 22.0. The quantitative estimate of drug-likeness (QED) is 0.814. The normalized spacial score (nSPS) is 11.6. The zero-order chi connectivity index (χ0) is 10.6. The summed E-state index contributed by atoms with van der Waals surface area (Å²) in [5, 5.41) is 4.99. The van der Waals surface area contributed by atoms with E-state index in [1.807, 2.05) is 0 Å². The van der Waals surface area contributed by atoms with Crippen LogP contribution in [-0.2, 0) is 16.4 Å². The summed E-state index contributed by atoms with van der Waals surface area (Å²) in [4.78, 5) is 3.93. The van der Waals surface area contributed by atoms with Gasteiger partial charge in [0.05, 0.1) is 0 Å². The number of pyridine rings is 1. The van der Waals surface area contributed by atoms with Crippen LogP contribution in [0.15, 0.2) is 23.4 Å². The van der Waals surface area contributed by atoms with Crippen molar-refractivity contribution in [2.24, 2.45) is 5.14 Å². The first kappa shape index (κ1) is 11.1. The smallest absolute Gasteiger partial charge is 0.239 e. The minimum absolute atomic E-state index is 0.0890. The Morgan fingerprint density at radius 3 is 2.71 bits per heavy atom. The second-order valence-electron chi connectivity index (χ2n) is 3.18. The molecule has 78 valence electrons. The van der Waals surface area contributed by atoms with Crippen LogP contribution >= 0.6 is 0 Å². The van der Waals surface area contributed by atoms with Gasteiger partial charge in [-0.25, -0.2) is 13.6 Å². The predicted molar refractivity (Wildman–Crippen MR) is 54.2 cm³/mol. The first-order chi connectivity index (χ1) is 6.54. The maximum atomic E-state index is 11.0. The fourth-order valence-electron chi connectivity index (χ4n) is 1.14. The number of aryl methyl sites for hydroxylation is 1. The lowest BCUT2D eigenvalue weighted by atomic mass is 10.1. The third-order valence-electron chi connectivity index (χ3n) is 1.92. The van der Waals surface area contributed by atoms with Crippen molar-refractivity contribution < 1.29 is 8.42 Å². The molecule has 0 aliphatic rings. The van der Waals surface area contributed by atoms with E-state index in [-0.39, 0.29) is 4.90 Å². The van der Waals surface area contributed by atoms with Gasteiger partial charge in [0.15, 0.2) is 0 Å². The van der Waals surface area contributed by atoms with E-state index in [2.05, 4.69) is 11.9 Å². The fraction of sp³-hybridized carbons (Fsp3) is 0.444. The average molecular weight is 214 g/mol. The van der Waals surface area contributed by atoms with Gasteiger partial charge >= 0.3 is 0 Å². The number of unbranched alkanes of at least 4 members (excludes halogenated alkanes) is 1. The topological polar surface area (TPSA) is 73.0 Å². The summed E-state index contributed by atoms with van der Waals surface area (Å²) >= 11 is 0. The van der Waals surface area contributed by atoms with Crippen molar-refractivity contribution in [1.29, 1.82) is 0 Å². The molecule has 2 N–H and O–H groups in total. The van der Waals surface area contributed by atoms with Crippen LogP contribution < -0.4 is 5.14 Å². The molecule has 4 nitrogen and oxygen atoms in total. The van der Waals surface area contributed by atoms with E-state index in [9.17, 15) is 8.42 Å². The number of sulfonamides is 1. The monoisotopic (exact) mass is 214 g/mol. The molecule has 1 aromatic rings. The van der Waals surface area contributed by atoms with Gasteiger partial charge < -0.3 is 0 Å². The molecule has 0 aliphatic carbocycles. The first-order valence-electron chi connectivity index (χ1n) is 4.50. The molecule has 0 aliphatic heterocycles. The number of nitrogens with two attached hydrogens (primary N) is 1. The van der Waals surface area contributed by atoms with Crippen molar-refractivity contribution in [2.45, 2.75) is 31.1 Å². The van der Waals surface area contributed by atoms with Crippen LogP contribution in [0, 0.1) is 0 Å². The number of hydrogen-bond acceptors (Lipinski definition) is 3. The first-order valence-corrected chi connectivity index (χ1v) is 6.05. The van der Waals surface area contributed by atoms with Gasteiger partial charge in [-0.05, 0) is 24.5 Å². The molecule has 0 unspecified atom stereocenters. The van der Waals surface area contributed by atoms with Gasteiger partial charge in [0, 0.05) is 12.4 Å². The molecule has 0 fully saturated rings. The molecule has 5 heteroatoms.